The molecule has 0 spiro atoms. The number of nitrogens with one attached hydrogen (secondary N) is 2. The maximum absolute atomic E-state index is 14.3. The van der Waals surface area contributed by atoms with Gasteiger partial charge in [-0.05, 0) is 67.9 Å². The smallest absolute Gasteiger partial charge is 0.410 e. The van der Waals surface area contributed by atoms with Crippen molar-refractivity contribution in [2.45, 2.75) is 70.1 Å². The highest BCUT2D eigenvalue weighted by Crippen LogP contribution is 2.30. The second kappa shape index (κ2) is 14.1. The Balaban J connectivity index is 1.02. The van der Waals surface area contributed by atoms with Crippen molar-refractivity contribution < 1.29 is 23.9 Å². The number of aryl methyl sites for hydroxylation is 1. The molecule has 12 heteroatoms. The lowest BCUT2D eigenvalue weighted by Crippen LogP contribution is -2.56. The van der Waals surface area contributed by atoms with Gasteiger partial charge in [0.2, 0.25) is 0 Å². The number of piperidine rings is 1. The number of nitrogens with zero attached hydrogens (tertiary/aromatic N) is 5. The first-order valence-corrected chi connectivity index (χ1v) is 17.5. The van der Waals surface area contributed by atoms with E-state index in [0.717, 1.165) is 79.0 Å². The zero-order valence-corrected chi connectivity index (χ0v) is 28.0. The van der Waals surface area contributed by atoms with Crippen LogP contribution in [0.4, 0.5) is 15.3 Å². The van der Waals surface area contributed by atoms with E-state index in [4.69, 9.17) is 9.47 Å². The average Bonchev–Trinajstić information content (AvgIpc) is 3.54. The number of aromatic amines is 1. The highest BCUT2D eigenvalue weighted by atomic mass is 16.6. The molecule has 0 aliphatic carbocycles. The highest BCUT2D eigenvalue weighted by molar-refractivity contribution is 5.91. The quantitative estimate of drug-likeness (QED) is 0.404. The van der Waals surface area contributed by atoms with Crippen molar-refractivity contribution >= 4 is 34.8 Å². The predicted molar refractivity (Wildman–Crippen MR) is 182 cm³/mol. The van der Waals surface area contributed by atoms with Gasteiger partial charge in [0.1, 0.15) is 0 Å². The molecule has 256 valence electrons. The van der Waals surface area contributed by atoms with Crippen LogP contribution < -0.4 is 5.32 Å². The number of H-pyrrole nitrogens is 1. The number of aromatic nitrogens is 2. The molecule has 48 heavy (non-hydrogen) atoms. The molecule has 0 radical (unpaired) electrons. The van der Waals surface area contributed by atoms with E-state index in [2.05, 4.69) is 32.3 Å². The number of piperazine rings is 1. The van der Waals surface area contributed by atoms with Gasteiger partial charge < -0.3 is 34.5 Å². The largest absolute Gasteiger partial charge is 0.435 e. The number of hydrogen-bond acceptors (Lipinski definition) is 7. The number of carbonyl (C=O) groups is 3. The zero-order chi connectivity index (χ0) is 33.2. The molecule has 1 aromatic heterocycles. The van der Waals surface area contributed by atoms with Crippen LogP contribution >= 0.6 is 0 Å². The lowest BCUT2D eigenvalue weighted by molar-refractivity contribution is -0.144. The van der Waals surface area contributed by atoms with E-state index in [1.807, 2.05) is 47.9 Å². The highest BCUT2D eigenvalue weighted by Gasteiger charge is 2.39. The van der Waals surface area contributed by atoms with Crippen molar-refractivity contribution in [3.63, 3.8) is 0 Å². The van der Waals surface area contributed by atoms with Gasteiger partial charge in [0, 0.05) is 82.7 Å². The van der Waals surface area contributed by atoms with Gasteiger partial charge in [-0.3, -0.25) is 9.69 Å². The molecule has 0 saturated carbocycles. The number of benzene rings is 2. The second-order valence-electron chi connectivity index (χ2n) is 13.7. The standard InChI is InChI=1S/C36H47N7O5/c1-24-21-27(22-31-32(24)38-23-37-31)25(2)33(34(44)41-17-15-40(16-18-41)28-10-19-47-20-11-28)48-36(46)42-12-8-29(9-13-42)43-14-7-26-5-3-4-6-30(26)39-35(43)45/h3-6,21-23,25,28-29,33H,7-20H2,1-2H3,(H,37,38)(H,39,45)/t25-,33?/m1/s1. The van der Waals surface area contributed by atoms with Gasteiger partial charge in [0.25, 0.3) is 5.91 Å². The lowest BCUT2D eigenvalue weighted by Gasteiger charge is -2.42. The zero-order valence-electron chi connectivity index (χ0n) is 28.0. The Labute approximate surface area is 281 Å². The Morgan fingerprint density at radius 3 is 2.46 bits per heavy atom. The third-order valence-electron chi connectivity index (χ3n) is 10.8. The first-order valence-electron chi connectivity index (χ1n) is 17.5. The van der Waals surface area contributed by atoms with E-state index in [-0.39, 0.29) is 23.9 Å². The molecule has 4 amide bonds. The molecule has 3 fully saturated rings. The molecule has 4 aliphatic heterocycles. The Hall–Kier alpha value is -4.16. The Morgan fingerprint density at radius 2 is 1.69 bits per heavy atom. The third kappa shape index (κ3) is 6.73. The summed E-state index contributed by atoms with van der Waals surface area (Å²) in [7, 11) is 0. The van der Waals surface area contributed by atoms with Crippen LogP contribution in [0.5, 0.6) is 0 Å². The van der Waals surface area contributed by atoms with Gasteiger partial charge in [-0.15, -0.1) is 0 Å². The summed E-state index contributed by atoms with van der Waals surface area (Å²) >= 11 is 0. The number of imidazole rings is 1. The predicted octanol–water partition coefficient (Wildman–Crippen LogP) is 4.36. The summed E-state index contributed by atoms with van der Waals surface area (Å²) < 4.78 is 11.8. The third-order valence-corrected chi connectivity index (χ3v) is 10.8. The number of rotatable bonds is 6. The summed E-state index contributed by atoms with van der Waals surface area (Å²) in [4.78, 5) is 56.7. The van der Waals surface area contributed by atoms with Crippen molar-refractivity contribution in [1.82, 2.24) is 29.6 Å². The molecular formula is C36H47N7O5. The van der Waals surface area contributed by atoms with E-state index in [1.54, 1.807) is 11.2 Å². The van der Waals surface area contributed by atoms with E-state index in [1.165, 1.54) is 0 Å². The fourth-order valence-electron chi connectivity index (χ4n) is 7.87. The minimum absolute atomic E-state index is 0.0234. The number of likely N-dealkylation sites (tertiary alicyclic amines) is 1. The summed E-state index contributed by atoms with van der Waals surface area (Å²) in [6.07, 6.45) is 4.34. The maximum atomic E-state index is 14.3. The Bertz CT molecular complexity index is 1620. The molecule has 3 saturated heterocycles. The fourth-order valence-corrected chi connectivity index (χ4v) is 7.87. The van der Waals surface area contributed by atoms with Gasteiger partial charge in [-0.2, -0.15) is 0 Å². The van der Waals surface area contributed by atoms with Gasteiger partial charge in [-0.25, -0.2) is 14.6 Å². The summed E-state index contributed by atoms with van der Waals surface area (Å²) in [5.74, 6) is -0.535. The van der Waals surface area contributed by atoms with Crippen LogP contribution in [0.1, 0.15) is 55.2 Å². The molecule has 0 bridgehead atoms. The van der Waals surface area contributed by atoms with Crippen molar-refractivity contribution in [1.29, 1.82) is 0 Å². The van der Waals surface area contributed by atoms with E-state index in [0.29, 0.717) is 51.6 Å². The molecule has 12 nitrogen and oxygen atoms in total. The van der Waals surface area contributed by atoms with Crippen LogP contribution in [-0.4, -0.2) is 125 Å². The van der Waals surface area contributed by atoms with Crippen molar-refractivity contribution in [2.24, 2.45) is 0 Å². The number of ether oxygens (including phenoxy) is 2. The molecule has 1 unspecified atom stereocenters. The first kappa shape index (κ1) is 32.4. The molecule has 5 heterocycles. The number of carbonyl (C=O) groups excluding carboxylic acids is 3. The molecular weight excluding hydrogens is 610 g/mol. The SMILES string of the molecule is Cc1cc([C@@H](C)C(OC(=O)N2CCC(N3CCc4ccccc4NC3=O)CC2)C(=O)N2CCN(C3CCOCC3)CC2)cc2nc[nH]c12. The van der Waals surface area contributed by atoms with Crippen LogP contribution in [0, 0.1) is 6.92 Å². The molecule has 2 N–H and O–H groups in total. The van der Waals surface area contributed by atoms with Gasteiger partial charge in [0.05, 0.1) is 17.4 Å². The van der Waals surface area contributed by atoms with Crippen LogP contribution in [0.2, 0.25) is 0 Å². The summed E-state index contributed by atoms with van der Waals surface area (Å²) in [5, 5.41) is 3.06. The number of hydrogen-bond donors (Lipinski definition) is 2. The molecule has 2 aromatic carbocycles. The van der Waals surface area contributed by atoms with Crippen molar-refractivity contribution in [2.75, 3.05) is 64.3 Å². The van der Waals surface area contributed by atoms with Crippen molar-refractivity contribution in [3.8, 4) is 0 Å². The minimum Gasteiger partial charge on any atom is -0.435 e. The summed E-state index contributed by atoms with van der Waals surface area (Å²) in [6.45, 7) is 9.89. The molecule has 3 aromatic rings. The fraction of sp³-hybridized carbons (Fsp3) is 0.556. The molecule has 7 rings (SSSR count). The van der Waals surface area contributed by atoms with Gasteiger partial charge in [-0.1, -0.05) is 31.2 Å². The second-order valence-corrected chi connectivity index (χ2v) is 13.7. The monoisotopic (exact) mass is 657 g/mol. The normalized spacial score (nSPS) is 21.4. The number of fused-ring (bicyclic) bond motifs is 2. The topological polar surface area (TPSA) is 123 Å². The van der Waals surface area contributed by atoms with Gasteiger partial charge in [0.15, 0.2) is 6.10 Å². The number of amides is 4. The first-order chi connectivity index (χ1) is 23.4. The van der Waals surface area contributed by atoms with Crippen LogP contribution in [0.3, 0.4) is 0 Å². The van der Waals surface area contributed by atoms with Crippen LogP contribution in [0.15, 0.2) is 42.7 Å². The van der Waals surface area contributed by atoms with Crippen LogP contribution in [0.25, 0.3) is 11.0 Å². The van der Waals surface area contributed by atoms with Crippen LogP contribution in [-0.2, 0) is 20.7 Å². The Morgan fingerprint density at radius 1 is 0.938 bits per heavy atom. The minimum atomic E-state index is -0.976. The van der Waals surface area contributed by atoms with Crippen molar-refractivity contribution in [3.05, 3.63) is 59.4 Å². The van der Waals surface area contributed by atoms with E-state index in [9.17, 15) is 14.4 Å². The summed E-state index contributed by atoms with van der Waals surface area (Å²) in [5.41, 5.74) is 5.71. The van der Waals surface area contributed by atoms with Gasteiger partial charge >= 0.3 is 12.1 Å². The lowest BCUT2D eigenvalue weighted by atomic mass is 9.92. The summed E-state index contributed by atoms with van der Waals surface area (Å²) in [6, 6.07) is 12.4. The Kier molecular flexibility index (Phi) is 9.54. The number of anilines is 1. The maximum Gasteiger partial charge on any atom is 0.410 e. The van der Waals surface area contributed by atoms with E-state index >= 15 is 0 Å². The number of para-hydroxylation sites is 1. The molecule has 4 aliphatic rings. The van der Waals surface area contributed by atoms with E-state index < -0.39 is 12.2 Å². The molecule has 2 atom stereocenters. The number of urea groups is 1. The average molecular weight is 658 g/mol.